The first-order valence-electron chi connectivity index (χ1n) is 10.8. The smallest absolute Gasteiger partial charge is 0.191 e. The number of ether oxygens (including phenoxy) is 1. The predicted molar refractivity (Wildman–Crippen MR) is 138 cm³/mol. The van der Waals surface area contributed by atoms with E-state index in [9.17, 15) is 0 Å². The number of benzene rings is 2. The van der Waals surface area contributed by atoms with Crippen LogP contribution >= 0.6 is 24.0 Å². The molecule has 0 aliphatic carbocycles. The van der Waals surface area contributed by atoms with E-state index in [0.29, 0.717) is 12.5 Å². The van der Waals surface area contributed by atoms with Crippen molar-refractivity contribution in [3.8, 4) is 5.69 Å². The summed E-state index contributed by atoms with van der Waals surface area (Å²) in [4.78, 5) is 4.38. The van der Waals surface area contributed by atoms with Crippen LogP contribution in [0.5, 0.6) is 0 Å². The summed E-state index contributed by atoms with van der Waals surface area (Å²) in [5, 5.41) is 15.2. The molecule has 170 valence electrons. The number of hydrogen-bond acceptors (Lipinski definition) is 4. The second-order valence-electron chi connectivity index (χ2n) is 7.86. The van der Waals surface area contributed by atoms with Crippen molar-refractivity contribution >= 4 is 29.9 Å². The topological polar surface area (TPSA) is 76.4 Å². The van der Waals surface area contributed by atoms with E-state index in [-0.39, 0.29) is 30.1 Å². The largest absolute Gasteiger partial charge is 0.373 e. The third-order valence-electron chi connectivity index (χ3n) is 5.67. The first-order valence-corrected chi connectivity index (χ1v) is 10.8. The standard InChI is InChI=1S/C24H30N6O.HI/c1-18-10-12-19(13-11-18)23-20(7-6-14-31-23)15-26-24(25-2)27-16-22-29-28-17-30(22)21-8-4-3-5-9-21;/h3-5,8-13,17,20,23H,6-7,14-16H2,1-2H3,(H2,25,26,27);1H. The summed E-state index contributed by atoms with van der Waals surface area (Å²) in [6, 6.07) is 18.7. The average Bonchev–Trinajstić information content (AvgIpc) is 3.29. The van der Waals surface area contributed by atoms with E-state index < -0.39 is 0 Å². The Labute approximate surface area is 206 Å². The van der Waals surface area contributed by atoms with E-state index in [2.05, 4.69) is 57.0 Å². The van der Waals surface area contributed by atoms with Gasteiger partial charge in [0.15, 0.2) is 11.8 Å². The highest BCUT2D eigenvalue weighted by atomic mass is 127. The zero-order chi connectivity index (χ0) is 21.5. The fourth-order valence-electron chi connectivity index (χ4n) is 3.97. The van der Waals surface area contributed by atoms with Gasteiger partial charge in [-0.3, -0.25) is 9.56 Å². The van der Waals surface area contributed by atoms with Gasteiger partial charge in [0.2, 0.25) is 0 Å². The van der Waals surface area contributed by atoms with Gasteiger partial charge in [-0.1, -0.05) is 48.0 Å². The van der Waals surface area contributed by atoms with Crippen LogP contribution in [0.3, 0.4) is 0 Å². The van der Waals surface area contributed by atoms with Gasteiger partial charge in [-0.15, -0.1) is 34.2 Å². The van der Waals surface area contributed by atoms with Gasteiger partial charge in [-0.2, -0.15) is 0 Å². The third-order valence-corrected chi connectivity index (χ3v) is 5.67. The minimum absolute atomic E-state index is 0. The highest BCUT2D eigenvalue weighted by Crippen LogP contribution is 2.33. The van der Waals surface area contributed by atoms with E-state index in [1.54, 1.807) is 13.4 Å². The van der Waals surface area contributed by atoms with Crippen molar-refractivity contribution in [1.29, 1.82) is 0 Å². The summed E-state index contributed by atoms with van der Waals surface area (Å²) in [6.45, 7) is 4.25. The molecule has 32 heavy (non-hydrogen) atoms. The fourth-order valence-corrected chi connectivity index (χ4v) is 3.97. The van der Waals surface area contributed by atoms with Crippen LogP contribution in [-0.2, 0) is 11.3 Å². The zero-order valence-electron chi connectivity index (χ0n) is 18.6. The van der Waals surface area contributed by atoms with Gasteiger partial charge >= 0.3 is 0 Å². The zero-order valence-corrected chi connectivity index (χ0v) is 20.9. The lowest BCUT2D eigenvalue weighted by Gasteiger charge is -2.32. The number of rotatable bonds is 6. The molecule has 1 saturated heterocycles. The number of aliphatic imine (C=N–C) groups is 1. The molecule has 1 aliphatic heterocycles. The Hall–Kier alpha value is -2.46. The molecule has 0 spiro atoms. The number of aryl methyl sites for hydroxylation is 1. The first-order chi connectivity index (χ1) is 15.2. The molecule has 2 heterocycles. The molecule has 7 nitrogen and oxygen atoms in total. The second-order valence-corrected chi connectivity index (χ2v) is 7.86. The highest BCUT2D eigenvalue weighted by molar-refractivity contribution is 14.0. The molecule has 2 atom stereocenters. The molecule has 0 bridgehead atoms. The minimum atomic E-state index is 0. The van der Waals surface area contributed by atoms with Crippen LogP contribution in [0, 0.1) is 12.8 Å². The summed E-state index contributed by atoms with van der Waals surface area (Å²) < 4.78 is 8.12. The van der Waals surface area contributed by atoms with Gasteiger partial charge in [0.25, 0.3) is 0 Å². The van der Waals surface area contributed by atoms with Gasteiger partial charge in [0, 0.05) is 31.8 Å². The maximum atomic E-state index is 6.14. The van der Waals surface area contributed by atoms with Gasteiger partial charge in [-0.05, 0) is 37.5 Å². The van der Waals surface area contributed by atoms with Crippen LogP contribution in [-0.4, -0.2) is 40.9 Å². The molecular formula is C24H31IN6O. The number of para-hydroxylation sites is 1. The predicted octanol–water partition coefficient (Wildman–Crippen LogP) is 4.03. The quantitative estimate of drug-likeness (QED) is 0.278. The van der Waals surface area contributed by atoms with Crippen molar-refractivity contribution in [2.75, 3.05) is 20.2 Å². The van der Waals surface area contributed by atoms with Crippen LogP contribution in [0.15, 0.2) is 65.9 Å². The van der Waals surface area contributed by atoms with E-state index in [1.807, 2.05) is 34.9 Å². The van der Waals surface area contributed by atoms with Crippen molar-refractivity contribution in [3.63, 3.8) is 0 Å². The van der Waals surface area contributed by atoms with Crippen LogP contribution in [0.2, 0.25) is 0 Å². The molecule has 0 radical (unpaired) electrons. The molecule has 2 aromatic carbocycles. The van der Waals surface area contributed by atoms with Gasteiger partial charge in [0.1, 0.15) is 6.33 Å². The van der Waals surface area contributed by atoms with Gasteiger partial charge in [0.05, 0.1) is 12.6 Å². The number of hydrogen-bond donors (Lipinski definition) is 2. The van der Waals surface area contributed by atoms with Crippen LogP contribution < -0.4 is 10.6 Å². The average molecular weight is 546 g/mol. The van der Waals surface area contributed by atoms with Crippen molar-refractivity contribution in [3.05, 3.63) is 77.9 Å². The highest BCUT2D eigenvalue weighted by Gasteiger charge is 2.27. The Bertz CT molecular complexity index is 989. The third kappa shape index (κ3) is 6.07. The van der Waals surface area contributed by atoms with Crippen LogP contribution in [0.4, 0.5) is 0 Å². The molecular weight excluding hydrogens is 515 g/mol. The monoisotopic (exact) mass is 546 g/mol. The second kappa shape index (κ2) is 12.0. The summed E-state index contributed by atoms with van der Waals surface area (Å²) in [5.41, 5.74) is 3.55. The lowest BCUT2D eigenvalue weighted by Crippen LogP contribution is -2.42. The maximum Gasteiger partial charge on any atom is 0.191 e. The number of nitrogens with one attached hydrogen (secondary N) is 2. The number of guanidine groups is 1. The van der Waals surface area contributed by atoms with Gasteiger partial charge < -0.3 is 15.4 Å². The SMILES string of the molecule is CN=C(NCc1nncn1-c1ccccc1)NCC1CCCOC1c1ccc(C)cc1.I. The molecule has 1 fully saturated rings. The number of nitrogens with zero attached hydrogens (tertiary/aromatic N) is 4. The Morgan fingerprint density at radius 2 is 1.91 bits per heavy atom. The molecule has 0 amide bonds. The number of aromatic nitrogens is 3. The number of halogens is 1. The molecule has 1 aromatic heterocycles. The fraction of sp³-hybridized carbons (Fsp3) is 0.375. The maximum absolute atomic E-state index is 6.14. The van der Waals surface area contributed by atoms with Crippen LogP contribution in [0.25, 0.3) is 5.69 Å². The van der Waals surface area contributed by atoms with Crippen molar-refractivity contribution in [2.45, 2.75) is 32.4 Å². The van der Waals surface area contributed by atoms with Crippen molar-refractivity contribution < 1.29 is 4.74 Å². The Kier molecular flexibility index (Phi) is 9.04. The summed E-state index contributed by atoms with van der Waals surface area (Å²) >= 11 is 0. The lowest BCUT2D eigenvalue weighted by atomic mass is 9.89. The molecule has 1 aliphatic rings. The molecule has 2 N–H and O–H groups in total. The van der Waals surface area contributed by atoms with E-state index in [1.165, 1.54) is 11.1 Å². The summed E-state index contributed by atoms with van der Waals surface area (Å²) in [6.07, 6.45) is 4.06. The molecule has 3 aromatic rings. The van der Waals surface area contributed by atoms with Crippen molar-refractivity contribution in [2.24, 2.45) is 10.9 Å². The van der Waals surface area contributed by atoms with Gasteiger partial charge in [-0.25, -0.2) is 0 Å². The van der Waals surface area contributed by atoms with E-state index in [0.717, 1.165) is 43.5 Å². The molecule has 4 rings (SSSR count). The van der Waals surface area contributed by atoms with Crippen molar-refractivity contribution in [1.82, 2.24) is 25.4 Å². The first kappa shape index (κ1) is 24.2. The summed E-state index contributed by atoms with van der Waals surface area (Å²) in [7, 11) is 1.78. The molecule has 2 unspecified atom stereocenters. The normalized spacial score (nSPS) is 18.6. The Morgan fingerprint density at radius 3 is 2.66 bits per heavy atom. The van der Waals surface area contributed by atoms with E-state index >= 15 is 0 Å². The Morgan fingerprint density at radius 1 is 1.12 bits per heavy atom. The molecule has 0 saturated carbocycles. The summed E-state index contributed by atoms with van der Waals surface area (Å²) in [5.74, 6) is 1.96. The minimum Gasteiger partial charge on any atom is -0.373 e. The van der Waals surface area contributed by atoms with E-state index in [4.69, 9.17) is 4.74 Å². The molecule has 8 heteroatoms. The lowest BCUT2D eigenvalue weighted by molar-refractivity contribution is -0.0265. The Balaban J connectivity index is 0.00000289. The van der Waals surface area contributed by atoms with Crippen LogP contribution in [0.1, 0.15) is 35.9 Å².